The fourth-order valence-electron chi connectivity index (χ4n) is 6.70. The van der Waals surface area contributed by atoms with Crippen LogP contribution in [-0.2, 0) is 0 Å². The Morgan fingerprint density at radius 2 is 1.34 bits per heavy atom. The van der Waals surface area contributed by atoms with Gasteiger partial charge in [0.2, 0.25) is 0 Å². The van der Waals surface area contributed by atoms with Gasteiger partial charge >= 0.3 is 0 Å². The van der Waals surface area contributed by atoms with Gasteiger partial charge in [0.1, 0.15) is 0 Å². The van der Waals surface area contributed by atoms with Crippen LogP contribution < -0.4 is 0 Å². The Labute approximate surface area is 211 Å². The summed E-state index contributed by atoms with van der Waals surface area (Å²) < 4.78 is 0.428. The summed E-state index contributed by atoms with van der Waals surface area (Å²) in [7, 11) is 0. The lowest BCUT2D eigenvalue weighted by molar-refractivity contribution is -0.0434. The molecule has 2 rings (SSSR count). The fourth-order valence-corrected chi connectivity index (χ4v) is 8.38. The van der Waals surface area contributed by atoms with Crippen LogP contribution in [0.4, 0.5) is 0 Å². The second-order valence-corrected chi connectivity index (χ2v) is 16.5. The molecule has 0 spiro atoms. The molecule has 2 fully saturated rings. The van der Waals surface area contributed by atoms with Crippen LogP contribution in [-0.4, -0.2) is 45.0 Å². The van der Waals surface area contributed by atoms with Gasteiger partial charge in [0.15, 0.2) is 0 Å². The summed E-state index contributed by atoms with van der Waals surface area (Å²) in [4.78, 5) is 2.86. The van der Waals surface area contributed by atoms with Crippen molar-refractivity contribution >= 4 is 23.5 Å². The van der Waals surface area contributed by atoms with Crippen LogP contribution in [0, 0.1) is 23.2 Å². The first-order chi connectivity index (χ1) is 14.8. The first-order valence-electron chi connectivity index (χ1n) is 13.8. The highest BCUT2D eigenvalue weighted by molar-refractivity contribution is 8.00. The highest BCUT2D eigenvalue weighted by atomic mass is 32.2. The van der Waals surface area contributed by atoms with Crippen molar-refractivity contribution in [3.8, 4) is 0 Å². The Balaban J connectivity index is 1.94. The van der Waals surface area contributed by atoms with Gasteiger partial charge in [-0.05, 0) is 93.7 Å². The van der Waals surface area contributed by atoms with Gasteiger partial charge in [-0.2, -0.15) is 23.5 Å². The predicted octanol–water partition coefficient (Wildman–Crippen LogP) is 9.15. The zero-order chi connectivity index (χ0) is 24.2. The summed E-state index contributed by atoms with van der Waals surface area (Å²) in [6.45, 7) is 25.0. The summed E-state index contributed by atoms with van der Waals surface area (Å²) in [5, 5.41) is 1.64. The molecule has 190 valence electrons. The molecule has 3 heteroatoms. The van der Waals surface area contributed by atoms with Gasteiger partial charge in [-0.1, -0.05) is 74.1 Å². The van der Waals surface area contributed by atoms with E-state index in [0.717, 1.165) is 28.3 Å². The van der Waals surface area contributed by atoms with Crippen molar-refractivity contribution in [3.63, 3.8) is 0 Å². The molecular weight excluding hydrogens is 426 g/mol. The molecule has 0 amide bonds. The molecule has 0 aromatic heterocycles. The van der Waals surface area contributed by atoms with Gasteiger partial charge in [-0.15, -0.1) is 0 Å². The predicted molar refractivity (Wildman–Crippen MR) is 151 cm³/mol. The van der Waals surface area contributed by atoms with E-state index in [-0.39, 0.29) is 5.54 Å². The molecule has 1 aliphatic carbocycles. The standard InChI is InChI=1S/C29H57NS2/c1-22(2)32-26-17-19-30(20-18-26)29(8,9)28(6,7)25-15-11-13-24(14-12-16-25)23(3)21-27(4,5)31-10/h22-26H,11-21H2,1-10H3. The van der Waals surface area contributed by atoms with Gasteiger partial charge in [-0.3, -0.25) is 4.90 Å². The zero-order valence-electron chi connectivity index (χ0n) is 23.4. The van der Waals surface area contributed by atoms with Crippen LogP contribution in [0.5, 0.6) is 0 Å². The lowest BCUT2D eigenvalue weighted by Gasteiger charge is -2.55. The lowest BCUT2D eigenvalue weighted by Crippen LogP contribution is -2.59. The smallest absolute Gasteiger partial charge is 0.0206 e. The molecule has 2 aliphatic rings. The molecule has 0 bridgehead atoms. The highest BCUT2D eigenvalue weighted by Gasteiger charge is 2.47. The summed E-state index contributed by atoms with van der Waals surface area (Å²) in [5.74, 6) is 2.67. The SMILES string of the molecule is CSC(C)(C)CC(C)C1CCCC(C(C)(C)C(C)(C)N2CCC(SC(C)C)CC2)CCC1. The molecule has 0 aromatic rings. The van der Waals surface area contributed by atoms with Crippen molar-refractivity contribution in [1.82, 2.24) is 4.90 Å². The van der Waals surface area contributed by atoms with Gasteiger partial charge in [-0.25, -0.2) is 0 Å². The third-order valence-electron chi connectivity index (χ3n) is 9.72. The third kappa shape index (κ3) is 7.58. The average Bonchev–Trinajstić information content (AvgIpc) is 2.67. The minimum absolute atomic E-state index is 0.277. The Morgan fingerprint density at radius 3 is 1.81 bits per heavy atom. The van der Waals surface area contributed by atoms with Crippen molar-refractivity contribution in [2.75, 3.05) is 19.3 Å². The second-order valence-electron chi connectivity index (χ2n) is 13.1. The van der Waals surface area contributed by atoms with Crippen LogP contribution in [0.3, 0.4) is 0 Å². The normalized spacial score (nSPS) is 26.7. The van der Waals surface area contributed by atoms with Gasteiger partial charge in [0.05, 0.1) is 0 Å². The zero-order valence-corrected chi connectivity index (χ0v) is 25.1. The minimum atomic E-state index is 0.277. The van der Waals surface area contributed by atoms with Crippen LogP contribution in [0.25, 0.3) is 0 Å². The molecule has 0 radical (unpaired) electrons. The van der Waals surface area contributed by atoms with Gasteiger partial charge < -0.3 is 0 Å². The van der Waals surface area contributed by atoms with E-state index >= 15 is 0 Å². The second kappa shape index (κ2) is 12.1. The molecule has 32 heavy (non-hydrogen) atoms. The maximum absolute atomic E-state index is 2.86. The van der Waals surface area contributed by atoms with Gasteiger partial charge in [0, 0.05) is 15.5 Å². The van der Waals surface area contributed by atoms with E-state index in [1.54, 1.807) is 0 Å². The average molecular weight is 484 g/mol. The summed E-state index contributed by atoms with van der Waals surface area (Å²) >= 11 is 4.25. The topological polar surface area (TPSA) is 3.24 Å². The molecule has 1 saturated carbocycles. The number of hydrogen-bond acceptors (Lipinski definition) is 3. The van der Waals surface area contributed by atoms with Crippen LogP contribution in [0.1, 0.15) is 120 Å². The Bertz CT molecular complexity index is 535. The van der Waals surface area contributed by atoms with E-state index in [1.807, 2.05) is 11.8 Å². The quantitative estimate of drug-likeness (QED) is 0.322. The number of nitrogens with zero attached hydrogens (tertiary/aromatic N) is 1. The molecule has 1 heterocycles. The number of piperidine rings is 1. The molecule has 1 unspecified atom stereocenters. The van der Waals surface area contributed by atoms with Gasteiger partial charge in [0.25, 0.3) is 0 Å². The summed E-state index contributed by atoms with van der Waals surface area (Å²) in [6.07, 6.45) is 15.1. The molecule has 1 saturated heterocycles. The molecule has 1 nitrogen and oxygen atoms in total. The maximum Gasteiger partial charge on any atom is 0.0206 e. The van der Waals surface area contributed by atoms with E-state index in [2.05, 4.69) is 85.2 Å². The first kappa shape index (κ1) is 28.9. The molecule has 1 aliphatic heterocycles. The number of likely N-dealkylation sites (tertiary alicyclic amines) is 1. The number of rotatable bonds is 9. The van der Waals surface area contributed by atoms with Crippen molar-refractivity contribution in [2.24, 2.45) is 23.2 Å². The van der Waals surface area contributed by atoms with Crippen molar-refractivity contribution in [1.29, 1.82) is 0 Å². The van der Waals surface area contributed by atoms with E-state index in [4.69, 9.17) is 0 Å². The number of thioether (sulfide) groups is 2. The lowest BCUT2D eigenvalue weighted by atomic mass is 9.61. The van der Waals surface area contributed by atoms with E-state index in [0.29, 0.717) is 10.2 Å². The summed E-state index contributed by atoms with van der Waals surface area (Å²) in [6, 6.07) is 0. The van der Waals surface area contributed by atoms with Crippen LogP contribution in [0.15, 0.2) is 0 Å². The van der Waals surface area contributed by atoms with E-state index in [1.165, 1.54) is 70.9 Å². The van der Waals surface area contributed by atoms with Crippen molar-refractivity contribution < 1.29 is 0 Å². The number of hydrogen-bond donors (Lipinski definition) is 0. The highest BCUT2D eigenvalue weighted by Crippen LogP contribution is 2.49. The van der Waals surface area contributed by atoms with Crippen LogP contribution in [0.2, 0.25) is 0 Å². The minimum Gasteiger partial charge on any atom is -0.298 e. The fraction of sp³-hybridized carbons (Fsp3) is 1.00. The Morgan fingerprint density at radius 1 is 0.812 bits per heavy atom. The molecule has 0 aromatic carbocycles. The first-order valence-corrected chi connectivity index (χ1v) is 15.9. The maximum atomic E-state index is 2.86. The largest absolute Gasteiger partial charge is 0.298 e. The third-order valence-corrected chi connectivity index (χ3v) is 12.4. The summed E-state index contributed by atoms with van der Waals surface area (Å²) in [5.41, 5.74) is 0.643. The molecule has 0 N–H and O–H groups in total. The molecule has 1 atom stereocenters. The monoisotopic (exact) mass is 483 g/mol. The van der Waals surface area contributed by atoms with Crippen molar-refractivity contribution in [3.05, 3.63) is 0 Å². The Hall–Kier alpha value is 0.660. The Kier molecular flexibility index (Phi) is 10.9. The molecular formula is C29H57NS2. The van der Waals surface area contributed by atoms with E-state index in [9.17, 15) is 0 Å². The van der Waals surface area contributed by atoms with Crippen molar-refractivity contribution in [2.45, 2.75) is 141 Å². The van der Waals surface area contributed by atoms with E-state index < -0.39 is 0 Å². The van der Waals surface area contributed by atoms with Crippen LogP contribution >= 0.6 is 23.5 Å².